The monoisotopic (exact) mass is 352 g/mol. The second kappa shape index (κ2) is 6.80. The number of nitrogens with zero attached hydrogens (tertiary/aromatic N) is 2. The van der Waals surface area contributed by atoms with Crippen LogP contribution in [0.4, 0.5) is 13.2 Å². The van der Waals surface area contributed by atoms with E-state index in [-0.39, 0.29) is 30.6 Å². The van der Waals surface area contributed by atoms with Gasteiger partial charge in [-0.15, -0.1) is 0 Å². The van der Waals surface area contributed by atoms with Gasteiger partial charge in [0.1, 0.15) is 0 Å². The lowest BCUT2D eigenvalue weighted by Crippen LogP contribution is -2.58. The molecule has 0 bridgehead atoms. The molecular formula is C16H27F3N2O3. The topological polar surface area (TPSA) is 53.0 Å². The molecule has 2 fully saturated rings. The Labute approximate surface area is 140 Å². The molecule has 1 amide bonds. The third kappa shape index (κ3) is 3.86. The molecule has 2 saturated heterocycles. The maximum absolute atomic E-state index is 13.0. The number of likely N-dealkylation sites (tertiary alicyclic amines) is 1. The van der Waals surface area contributed by atoms with E-state index in [1.807, 2.05) is 32.6 Å². The maximum atomic E-state index is 13.0. The Bertz CT molecular complexity index is 462. The molecule has 2 heterocycles. The molecule has 4 unspecified atom stereocenters. The second-order valence-corrected chi connectivity index (χ2v) is 7.44. The minimum absolute atomic E-state index is 0.0338. The lowest BCUT2D eigenvalue weighted by molar-refractivity contribution is -0.253. The number of alkyl halides is 3. The summed E-state index contributed by atoms with van der Waals surface area (Å²) in [6.07, 6.45) is -5.26. The van der Waals surface area contributed by atoms with Gasteiger partial charge >= 0.3 is 6.18 Å². The number of hydrogen-bond donors (Lipinski definition) is 1. The first-order valence-corrected chi connectivity index (χ1v) is 8.42. The Hall–Kier alpha value is -0.860. The number of halogens is 3. The van der Waals surface area contributed by atoms with Crippen molar-refractivity contribution in [3.05, 3.63) is 0 Å². The summed E-state index contributed by atoms with van der Waals surface area (Å²) in [6, 6.07) is -0.505. The Morgan fingerprint density at radius 1 is 1.25 bits per heavy atom. The van der Waals surface area contributed by atoms with Crippen molar-refractivity contribution in [2.75, 3.05) is 26.2 Å². The fourth-order valence-corrected chi connectivity index (χ4v) is 3.71. The molecule has 2 aliphatic heterocycles. The number of aliphatic hydroxyl groups is 1. The number of β-amino-alcohol motifs (C(OH)–C–C–N with tert-alkyl or cyclic N) is 1. The first kappa shape index (κ1) is 19.5. The van der Waals surface area contributed by atoms with Crippen molar-refractivity contribution in [3.8, 4) is 0 Å². The molecule has 2 aliphatic rings. The van der Waals surface area contributed by atoms with E-state index in [0.717, 1.165) is 4.90 Å². The molecule has 0 aromatic rings. The van der Waals surface area contributed by atoms with Crippen LogP contribution in [0.2, 0.25) is 0 Å². The zero-order chi connectivity index (χ0) is 18.3. The maximum Gasteiger partial charge on any atom is 0.419 e. The Morgan fingerprint density at radius 3 is 2.21 bits per heavy atom. The SMILES string of the molecule is CC1CN(C(C(=O)N2CCC(O)(C(F)(F)F)C2)C(C)C)CC(C)O1. The largest absolute Gasteiger partial charge is 0.419 e. The summed E-state index contributed by atoms with van der Waals surface area (Å²) in [5.41, 5.74) is -2.80. The number of carbonyl (C=O) groups is 1. The number of hydrogen-bond acceptors (Lipinski definition) is 4. The molecule has 5 nitrogen and oxygen atoms in total. The van der Waals surface area contributed by atoms with E-state index in [1.165, 1.54) is 0 Å². The van der Waals surface area contributed by atoms with Crippen molar-refractivity contribution in [1.82, 2.24) is 9.80 Å². The molecule has 24 heavy (non-hydrogen) atoms. The van der Waals surface area contributed by atoms with Gasteiger partial charge in [0.15, 0.2) is 5.60 Å². The van der Waals surface area contributed by atoms with Gasteiger partial charge in [-0.25, -0.2) is 0 Å². The molecule has 0 saturated carbocycles. The van der Waals surface area contributed by atoms with Crippen LogP contribution in [0.1, 0.15) is 34.1 Å². The number of ether oxygens (including phenoxy) is 1. The molecule has 2 rings (SSSR count). The second-order valence-electron chi connectivity index (χ2n) is 7.44. The highest BCUT2D eigenvalue weighted by Crippen LogP contribution is 2.38. The summed E-state index contributed by atoms with van der Waals surface area (Å²) in [5, 5.41) is 9.81. The average Bonchev–Trinajstić information content (AvgIpc) is 2.81. The fraction of sp³-hybridized carbons (Fsp3) is 0.938. The predicted octanol–water partition coefficient (Wildman–Crippen LogP) is 1.65. The highest BCUT2D eigenvalue weighted by atomic mass is 19.4. The minimum Gasteiger partial charge on any atom is -0.379 e. The van der Waals surface area contributed by atoms with Crippen LogP contribution in [0.3, 0.4) is 0 Å². The van der Waals surface area contributed by atoms with Crippen molar-refractivity contribution in [3.63, 3.8) is 0 Å². The van der Waals surface area contributed by atoms with E-state index in [1.54, 1.807) is 0 Å². The van der Waals surface area contributed by atoms with E-state index < -0.39 is 30.8 Å². The van der Waals surface area contributed by atoms with Crippen LogP contribution in [-0.4, -0.2) is 77.0 Å². The van der Waals surface area contributed by atoms with Gasteiger partial charge in [0.2, 0.25) is 5.91 Å². The van der Waals surface area contributed by atoms with Gasteiger partial charge in [0, 0.05) is 26.1 Å². The number of amides is 1. The summed E-state index contributed by atoms with van der Waals surface area (Å²) >= 11 is 0. The lowest BCUT2D eigenvalue weighted by Gasteiger charge is -2.42. The van der Waals surface area contributed by atoms with Gasteiger partial charge in [-0.05, 0) is 19.8 Å². The molecular weight excluding hydrogens is 325 g/mol. The number of rotatable bonds is 3. The van der Waals surface area contributed by atoms with Crippen LogP contribution in [-0.2, 0) is 9.53 Å². The summed E-state index contributed by atoms with van der Waals surface area (Å²) < 4.78 is 44.6. The van der Waals surface area contributed by atoms with Gasteiger partial charge < -0.3 is 14.7 Å². The van der Waals surface area contributed by atoms with Crippen LogP contribution < -0.4 is 0 Å². The standard InChI is InChI=1S/C16H27F3N2O3/c1-10(2)13(21-7-11(3)24-12(4)8-21)14(22)20-6-5-15(23,9-20)16(17,18)19/h10-13,23H,5-9H2,1-4H3. The first-order chi connectivity index (χ1) is 10.9. The predicted molar refractivity (Wildman–Crippen MR) is 82.4 cm³/mol. The van der Waals surface area contributed by atoms with Gasteiger partial charge in [0.25, 0.3) is 0 Å². The van der Waals surface area contributed by atoms with Crippen LogP contribution in [0.5, 0.6) is 0 Å². The third-order valence-corrected chi connectivity index (χ3v) is 4.81. The Kier molecular flexibility index (Phi) is 5.52. The average molecular weight is 352 g/mol. The molecule has 0 aromatic carbocycles. The van der Waals surface area contributed by atoms with Crippen molar-refractivity contribution < 1.29 is 27.8 Å². The van der Waals surface area contributed by atoms with Crippen LogP contribution in [0, 0.1) is 5.92 Å². The summed E-state index contributed by atoms with van der Waals surface area (Å²) in [5.74, 6) is -0.388. The van der Waals surface area contributed by atoms with Crippen molar-refractivity contribution in [2.24, 2.45) is 5.92 Å². The highest BCUT2D eigenvalue weighted by Gasteiger charge is 2.58. The van der Waals surface area contributed by atoms with E-state index in [9.17, 15) is 23.1 Å². The van der Waals surface area contributed by atoms with Gasteiger partial charge in [-0.3, -0.25) is 9.69 Å². The van der Waals surface area contributed by atoms with E-state index in [0.29, 0.717) is 13.1 Å². The van der Waals surface area contributed by atoms with E-state index >= 15 is 0 Å². The summed E-state index contributed by atoms with van der Waals surface area (Å²) in [7, 11) is 0. The lowest BCUT2D eigenvalue weighted by atomic mass is 9.99. The molecule has 140 valence electrons. The number of morpholine rings is 1. The summed E-state index contributed by atoms with van der Waals surface area (Å²) in [4.78, 5) is 16.0. The minimum atomic E-state index is -4.72. The van der Waals surface area contributed by atoms with Gasteiger partial charge in [-0.1, -0.05) is 13.8 Å². The smallest absolute Gasteiger partial charge is 0.379 e. The molecule has 8 heteroatoms. The Balaban J connectivity index is 2.13. The van der Waals surface area contributed by atoms with E-state index in [2.05, 4.69) is 0 Å². The van der Waals surface area contributed by atoms with Crippen LogP contribution in [0.15, 0.2) is 0 Å². The van der Waals surface area contributed by atoms with Crippen LogP contribution >= 0.6 is 0 Å². The van der Waals surface area contributed by atoms with Crippen molar-refractivity contribution in [2.45, 2.75) is 64.1 Å². The quantitative estimate of drug-likeness (QED) is 0.839. The summed E-state index contributed by atoms with van der Waals surface area (Å²) in [6.45, 7) is 7.98. The molecule has 1 N–H and O–H groups in total. The normalized spacial score (nSPS) is 34.0. The van der Waals surface area contributed by atoms with E-state index in [4.69, 9.17) is 4.74 Å². The molecule has 0 aromatic heterocycles. The first-order valence-electron chi connectivity index (χ1n) is 8.42. The highest BCUT2D eigenvalue weighted by molar-refractivity contribution is 5.82. The molecule has 4 atom stereocenters. The fourth-order valence-electron chi connectivity index (χ4n) is 3.71. The van der Waals surface area contributed by atoms with Crippen LogP contribution in [0.25, 0.3) is 0 Å². The van der Waals surface area contributed by atoms with Gasteiger partial charge in [-0.2, -0.15) is 13.2 Å². The number of carbonyl (C=O) groups excluding carboxylic acids is 1. The zero-order valence-corrected chi connectivity index (χ0v) is 14.6. The molecule has 0 radical (unpaired) electrons. The van der Waals surface area contributed by atoms with Crippen molar-refractivity contribution in [1.29, 1.82) is 0 Å². The van der Waals surface area contributed by atoms with Gasteiger partial charge in [0.05, 0.1) is 24.8 Å². The zero-order valence-electron chi connectivity index (χ0n) is 14.6. The van der Waals surface area contributed by atoms with Crippen molar-refractivity contribution >= 4 is 5.91 Å². The molecule has 0 spiro atoms. The molecule has 0 aliphatic carbocycles. The third-order valence-electron chi connectivity index (χ3n) is 4.81. The Morgan fingerprint density at radius 2 is 1.79 bits per heavy atom.